The van der Waals surface area contributed by atoms with Crippen molar-refractivity contribution in [2.24, 2.45) is 5.92 Å². The van der Waals surface area contributed by atoms with Crippen molar-refractivity contribution in [2.75, 3.05) is 18.6 Å². The van der Waals surface area contributed by atoms with Gasteiger partial charge in [0.2, 0.25) is 5.76 Å². The van der Waals surface area contributed by atoms with Gasteiger partial charge in [0.05, 0.1) is 0 Å². The van der Waals surface area contributed by atoms with Gasteiger partial charge in [0.1, 0.15) is 5.76 Å². The number of aromatic carboxylic acids is 1. The van der Waals surface area contributed by atoms with Crippen LogP contribution in [0.25, 0.3) is 0 Å². The van der Waals surface area contributed by atoms with Crippen molar-refractivity contribution < 1.29 is 14.3 Å². The summed E-state index contributed by atoms with van der Waals surface area (Å²) in [6.07, 6.45) is 2.09. The van der Waals surface area contributed by atoms with Crippen LogP contribution in [0.3, 0.4) is 0 Å². The number of carboxylic acid groups (broad SMARTS) is 1. The Morgan fingerprint density at radius 1 is 1.65 bits per heavy atom. The molecule has 1 aromatic rings. The molecule has 0 aliphatic rings. The minimum absolute atomic E-state index is 0.0106. The van der Waals surface area contributed by atoms with E-state index in [0.717, 1.165) is 17.9 Å². The van der Waals surface area contributed by atoms with Gasteiger partial charge in [0, 0.05) is 12.1 Å². The van der Waals surface area contributed by atoms with Crippen molar-refractivity contribution in [3.63, 3.8) is 0 Å². The zero-order valence-corrected chi connectivity index (χ0v) is 11.3. The highest BCUT2D eigenvalue weighted by Crippen LogP contribution is 2.14. The molecule has 0 radical (unpaired) electrons. The summed E-state index contributed by atoms with van der Waals surface area (Å²) in [6, 6.07) is 1.59. The molecule has 96 valence electrons. The van der Waals surface area contributed by atoms with E-state index in [9.17, 15) is 4.79 Å². The third kappa shape index (κ3) is 4.44. The molecule has 0 aliphatic heterocycles. The van der Waals surface area contributed by atoms with Gasteiger partial charge in [0.25, 0.3) is 0 Å². The number of carbonyl (C=O) groups is 1. The molecule has 1 heterocycles. The van der Waals surface area contributed by atoms with Gasteiger partial charge >= 0.3 is 5.97 Å². The molecule has 1 aromatic heterocycles. The first-order chi connectivity index (χ1) is 8.04. The van der Waals surface area contributed by atoms with Gasteiger partial charge in [-0.1, -0.05) is 6.92 Å². The van der Waals surface area contributed by atoms with Crippen molar-refractivity contribution in [1.29, 1.82) is 0 Å². The molecule has 4 nitrogen and oxygen atoms in total. The molecule has 0 aromatic carbocycles. The van der Waals surface area contributed by atoms with Crippen molar-refractivity contribution in [2.45, 2.75) is 20.4 Å². The SMILES string of the molecule is CSCC(C)CNCc1cc(C(=O)O)oc1C. The fourth-order valence-corrected chi connectivity index (χ4v) is 2.28. The normalized spacial score (nSPS) is 12.6. The Labute approximate surface area is 106 Å². The Kier molecular flexibility index (Phi) is 5.58. The molecule has 0 saturated heterocycles. The quantitative estimate of drug-likeness (QED) is 0.785. The third-order valence-electron chi connectivity index (χ3n) is 2.49. The molecule has 0 aliphatic carbocycles. The molecule has 1 rings (SSSR count). The molecule has 2 N–H and O–H groups in total. The first kappa shape index (κ1) is 14.1. The summed E-state index contributed by atoms with van der Waals surface area (Å²) < 4.78 is 5.14. The van der Waals surface area contributed by atoms with Crippen LogP contribution in [0.4, 0.5) is 0 Å². The predicted octanol–water partition coefficient (Wildman–Crippen LogP) is 2.37. The lowest BCUT2D eigenvalue weighted by molar-refractivity contribution is 0.0661. The highest BCUT2D eigenvalue weighted by molar-refractivity contribution is 7.98. The molecule has 1 atom stereocenters. The van der Waals surface area contributed by atoms with E-state index in [2.05, 4.69) is 18.5 Å². The average Bonchev–Trinajstić information content (AvgIpc) is 2.61. The molecule has 0 saturated carbocycles. The number of furan rings is 1. The van der Waals surface area contributed by atoms with Crippen molar-refractivity contribution in [3.8, 4) is 0 Å². The lowest BCUT2D eigenvalue weighted by Gasteiger charge is -2.10. The maximum Gasteiger partial charge on any atom is 0.371 e. The predicted molar refractivity (Wildman–Crippen MR) is 69.7 cm³/mol. The number of nitrogens with one attached hydrogen (secondary N) is 1. The van der Waals surface area contributed by atoms with Crippen LogP contribution in [-0.2, 0) is 6.54 Å². The van der Waals surface area contributed by atoms with E-state index in [1.54, 1.807) is 13.0 Å². The van der Waals surface area contributed by atoms with Crippen LogP contribution in [0.1, 0.15) is 28.8 Å². The zero-order valence-electron chi connectivity index (χ0n) is 10.4. The van der Waals surface area contributed by atoms with Crippen LogP contribution < -0.4 is 5.32 Å². The highest BCUT2D eigenvalue weighted by atomic mass is 32.2. The Bertz CT molecular complexity index is 376. The first-order valence-electron chi connectivity index (χ1n) is 5.56. The van der Waals surface area contributed by atoms with Gasteiger partial charge in [-0.15, -0.1) is 0 Å². The molecular weight excluding hydrogens is 238 g/mol. The van der Waals surface area contributed by atoms with Gasteiger partial charge in [-0.05, 0) is 37.5 Å². The second-order valence-electron chi connectivity index (χ2n) is 4.19. The maximum absolute atomic E-state index is 10.7. The molecule has 0 fully saturated rings. The summed E-state index contributed by atoms with van der Waals surface area (Å²) in [6.45, 7) is 5.55. The van der Waals surface area contributed by atoms with E-state index >= 15 is 0 Å². The van der Waals surface area contributed by atoms with Crippen LogP contribution >= 0.6 is 11.8 Å². The molecule has 0 bridgehead atoms. The standard InChI is InChI=1S/C12H19NO3S/c1-8(7-17-3)5-13-6-10-4-11(12(14)15)16-9(10)2/h4,8,13H,5-7H2,1-3H3,(H,14,15). The summed E-state index contributed by atoms with van der Waals surface area (Å²) in [7, 11) is 0. The summed E-state index contributed by atoms with van der Waals surface area (Å²) in [5, 5.41) is 12.1. The molecule has 17 heavy (non-hydrogen) atoms. The van der Waals surface area contributed by atoms with E-state index < -0.39 is 5.97 Å². The van der Waals surface area contributed by atoms with E-state index in [0.29, 0.717) is 18.2 Å². The van der Waals surface area contributed by atoms with E-state index in [4.69, 9.17) is 9.52 Å². The minimum atomic E-state index is -1.02. The fourth-order valence-electron chi connectivity index (χ4n) is 1.60. The van der Waals surface area contributed by atoms with Crippen molar-refractivity contribution in [3.05, 3.63) is 23.2 Å². The third-order valence-corrected chi connectivity index (χ3v) is 3.39. The largest absolute Gasteiger partial charge is 0.475 e. The topological polar surface area (TPSA) is 62.5 Å². The van der Waals surface area contributed by atoms with Crippen molar-refractivity contribution in [1.82, 2.24) is 5.32 Å². The Hall–Kier alpha value is -0.940. The lowest BCUT2D eigenvalue weighted by atomic mass is 10.2. The van der Waals surface area contributed by atoms with Crippen LogP contribution in [-0.4, -0.2) is 29.6 Å². The second kappa shape index (κ2) is 6.71. The fraction of sp³-hybridized carbons (Fsp3) is 0.583. The lowest BCUT2D eigenvalue weighted by Crippen LogP contribution is -2.22. The Morgan fingerprint density at radius 2 is 2.35 bits per heavy atom. The van der Waals surface area contributed by atoms with E-state index in [1.807, 2.05) is 11.8 Å². The highest BCUT2D eigenvalue weighted by Gasteiger charge is 2.12. The number of aryl methyl sites for hydroxylation is 1. The van der Waals surface area contributed by atoms with Crippen LogP contribution in [0.2, 0.25) is 0 Å². The zero-order chi connectivity index (χ0) is 12.8. The van der Waals surface area contributed by atoms with Gasteiger partial charge in [0.15, 0.2) is 0 Å². The van der Waals surface area contributed by atoms with Crippen LogP contribution in [0.15, 0.2) is 10.5 Å². The molecule has 5 heteroatoms. The van der Waals surface area contributed by atoms with Crippen molar-refractivity contribution >= 4 is 17.7 Å². The van der Waals surface area contributed by atoms with E-state index in [-0.39, 0.29) is 5.76 Å². The summed E-state index contributed by atoms with van der Waals surface area (Å²) in [4.78, 5) is 10.7. The summed E-state index contributed by atoms with van der Waals surface area (Å²) in [5.41, 5.74) is 0.916. The Morgan fingerprint density at radius 3 is 2.88 bits per heavy atom. The van der Waals surface area contributed by atoms with E-state index in [1.165, 1.54) is 0 Å². The van der Waals surface area contributed by atoms with Gasteiger partial charge in [-0.2, -0.15) is 11.8 Å². The number of thioether (sulfide) groups is 1. The summed E-state index contributed by atoms with van der Waals surface area (Å²) in [5.74, 6) is 1.40. The second-order valence-corrected chi connectivity index (χ2v) is 5.10. The first-order valence-corrected chi connectivity index (χ1v) is 6.96. The van der Waals surface area contributed by atoms with Gasteiger partial charge < -0.3 is 14.8 Å². The maximum atomic E-state index is 10.7. The molecular formula is C12H19NO3S. The minimum Gasteiger partial charge on any atom is -0.475 e. The molecule has 0 spiro atoms. The Balaban J connectivity index is 2.44. The smallest absolute Gasteiger partial charge is 0.371 e. The number of rotatable bonds is 7. The number of carboxylic acids is 1. The van der Waals surface area contributed by atoms with Crippen LogP contribution in [0.5, 0.6) is 0 Å². The monoisotopic (exact) mass is 257 g/mol. The summed E-state index contributed by atoms with van der Waals surface area (Å²) >= 11 is 1.83. The molecule has 0 amide bonds. The average molecular weight is 257 g/mol. The number of hydrogen-bond donors (Lipinski definition) is 2. The molecule has 1 unspecified atom stereocenters. The van der Waals surface area contributed by atoms with Gasteiger partial charge in [-0.25, -0.2) is 4.79 Å². The van der Waals surface area contributed by atoms with Crippen LogP contribution in [0, 0.1) is 12.8 Å². The van der Waals surface area contributed by atoms with Gasteiger partial charge in [-0.3, -0.25) is 0 Å². The number of hydrogen-bond acceptors (Lipinski definition) is 4.